The summed E-state index contributed by atoms with van der Waals surface area (Å²) in [6.45, 7) is 5.27. The number of hydrogen-bond donors (Lipinski definition) is 0. The summed E-state index contributed by atoms with van der Waals surface area (Å²) in [6.07, 6.45) is 0.781. The second-order valence-electron chi connectivity index (χ2n) is 5.80. The smallest absolute Gasteiger partial charge is 0.254 e. The molecule has 1 unspecified atom stereocenters. The topological polar surface area (TPSA) is 38.8 Å². The average molecular weight is 311 g/mol. The molecular weight excluding hydrogens is 290 g/mol. The molecule has 1 atom stereocenters. The van der Waals surface area contributed by atoms with Gasteiger partial charge in [-0.2, -0.15) is 4.89 Å². The zero-order chi connectivity index (χ0) is 16.2. The van der Waals surface area contributed by atoms with Crippen LogP contribution in [0.25, 0.3) is 0 Å². The molecule has 1 amide bonds. The summed E-state index contributed by atoms with van der Waals surface area (Å²) < 4.78 is 0. The summed E-state index contributed by atoms with van der Waals surface area (Å²) in [4.78, 5) is 24.7. The second kappa shape index (κ2) is 6.84. The van der Waals surface area contributed by atoms with Gasteiger partial charge in [-0.05, 0) is 44.0 Å². The van der Waals surface area contributed by atoms with Gasteiger partial charge in [0, 0.05) is 23.7 Å². The number of hydrogen-bond acceptors (Lipinski definition) is 3. The number of carbonyl (C=O) groups is 1. The van der Waals surface area contributed by atoms with E-state index in [-0.39, 0.29) is 11.9 Å². The SMILES string of the molecule is CCN(C(=O)c1ccccc1)C(C)Cc1ccc2c(c1)OOC2. The van der Waals surface area contributed by atoms with Crippen molar-refractivity contribution >= 4 is 5.91 Å². The van der Waals surface area contributed by atoms with Crippen molar-refractivity contribution in [3.63, 3.8) is 0 Å². The number of fused-ring (bicyclic) bond motifs is 1. The van der Waals surface area contributed by atoms with Gasteiger partial charge in [-0.1, -0.05) is 30.3 Å². The van der Waals surface area contributed by atoms with Gasteiger partial charge in [-0.3, -0.25) is 4.79 Å². The van der Waals surface area contributed by atoms with Crippen LogP contribution in [0.2, 0.25) is 0 Å². The predicted molar refractivity (Wildman–Crippen MR) is 88.2 cm³/mol. The number of benzene rings is 2. The molecule has 0 saturated heterocycles. The summed E-state index contributed by atoms with van der Waals surface area (Å²) in [7, 11) is 0. The Morgan fingerprint density at radius 2 is 2.00 bits per heavy atom. The second-order valence-corrected chi connectivity index (χ2v) is 5.80. The summed E-state index contributed by atoms with van der Waals surface area (Å²) in [5.74, 6) is 0.855. The van der Waals surface area contributed by atoms with E-state index in [2.05, 4.69) is 13.0 Å². The molecule has 0 spiro atoms. The molecule has 2 aromatic carbocycles. The minimum Gasteiger partial charge on any atom is -0.337 e. The molecule has 1 aliphatic heterocycles. The third-order valence-electron chi connectivity index (χ3n) is 4.18. The lowest BCUT2D eigenvalue weighted by Gasteiger charge is -2.28. The Labute approximate surface area is 136 Å². The maximum Gasteiger partial charge on any atom is 0.254 e. The molecule has 1 heterocycles. The van der Waals surface area contributed by atoms with Crippen LogP contribution in [0.3, 0.4) is 0 Å². The molecule has 0 fully saturated rings. The first-order valence-corrected chi connectivity index (χ1v) is 7.96. The predicted octanol–water partition coefficient (Wildman–Crippen LogP) is 3.60. The van der Waals surface area contributed by atoms with Gasteiger partial charge in [-0.15, -0.1) is 0 Å². The molecule has 23 heavy (non-hydrogen) atoms. The van der Waals surface area contributed by atoms with Gasteiger partial charge in [0.2, 0.25) is 0 Å². The molecule has 2 aromatic rings. The van der Waals surface area contributed by atoms with Gasteiger partial charge in [0.1, 0.15) is 6.61 Å². The number of carbonyl (C=O) groups excluding carboxylic acids is 1. The molecule has 0 N–H and O–H groups in total. The number of nitrogens with zero attached hydrogens (tertiary/aromatic N) is 1. The van der Waals surface area contributed by atoms with E-state index in [4.69, 9.17) is 9.78 Å². The van der Waals surface area contributed by atoms with Crippen molar-refractivity contribution in [1.29, 1.82) is 0 Å². The van der Waals surface area contributed by atoms with E-state index < -0.39 is 0 Å². The third kappa shape index (κ3) is 3.37. The number of amides is 1. The minimum absolute atomic E-state index is 0.0707. The number of likely N-dealkylation sites (N-methyl/N-ethyl adjacent to an activating group) is 1. The van der Waals surface area contributed by atoms with Crippen LogP contribution in [-0.2, 0) is 17.9 Å². The van der Waals surface area contributed by atoms with Crippen molar-refractivity contribution in [2.24, 2.45) is 0 Å². The average Bonchev–Trinajstić information content (AvgIpc) is 3.04. The highest BCUT2D eigenvalue weighted by atomic mass is 17.2. The zero-order valence-electron chi connectivity index (χ0n) is 13.5. The molecule has 0 radical (unpaired) electrons. The highest BCUT2D eigenvalue weighted by Crippen LogP contribution is 2.27. The molecule has 3 rings (SSSR count). The Morgan fingerprint density at radius 1 is 1.22 bits per heavy atom. The van der Waals surface area contributed by atoms with E-state index in [1.54, 1.807) is 0 Å². The van der Waals surface area contributed by atoms with Gasteiger partial charge in [0.05, 0.1) is 0 Å². The minimum atomic E-state index is 0.0707. The largest absolute Gasteiger partial charge is 0.337 e. The van der Waals surface area contributed by atoms with Crippen LogP contribution in [0.1, 0.15) is 35.3 Å². The van der Waals surface area contributed by atoms with E-state index in [0.29, 0.717) is 13.2 Å². The van der Waals surface area contributed by atoms with Gasteiger partial charge in [-0.25, -0.2) is 0 Å². The Bertz CT molecular complexity index is 684. The van der Waals surface area contributed by atoms with E-state index in [1.807, 2.05) is 54.3 Å². The Balaban J connectivity index is 1.73. The lowest BCUT2D eigenvalue weighted by Crippen LogP contribution is -2.39. The van der Waals surface area contributed by atoms with Crippen molar-refractivity contribution in [2.75, 3.05) is 6.54 Å². The van der Waals surface area contributed by atoms with Crippen LogP contribution in [0.5, 0.6) is 5.75 Å². The molecule has 120 valence electrons. The van der Waals surface area contributed by atoms with E-state index in [0.717, 1.165) is 28.9 Å². The highest BCUT2D eigenvalue weighted by molar-refractivity contribution is 5.94. The van der Waals surface area contributed by atoms with Crippen LogP contribution in [-0.4, -0.2) is 23.4 Å². The maximum atomic E-state index is 12.7. The van der Waals surface area contributed by atoms with Gasteiger partial charge in [0.25, 0.3) is 5.91 Å². The molecule has 0 aliphatic carbocycles. The van der Waals surface area contributed by atoms with E-state index >= 15 is 0 Å². The lowest BCUT2D eigenvalue weighted by molar-refractivity contribution is -0.194. The Hall–Kier alpha value is -2.33. The first-order valence-electron chi connectivity index (χ1n) is 7.96. The molecule has 4 nitrogen and oxygen atoms in total. The number of rotatable bonds is 5. The quantitative estimate of drug-likeness (QED) is 0.792. The molecule has 0 bridgehead atoms. The highest BCUT2D eigenvalue weighted by Gasteiger charge is 2.21. The van der Waals surface area contributed by atoms with Crippen molar-refractivity contribution in [2.45, 2.75) is 32.9 Å². The lowest BCUT2D eigenvalue weighted by atomic mass is 10.0. The van der Waals surface area contributed by atoms with Crippen LogP contribution < -0.4 is 4.89 Å². The zero-order valence-corrected chi connectivity index (χ0v) is 13.5. The molecule has 1 aliphatic rings. The third-order valence-corrected chi connectivity index (χ3v) is 4.18. The van der Waals surface area contributed by atoms with Crippen molar-refractivity contribution in [1.82, 2.24) is 4.90 Å². The fourth-order valence-electron chi connectivity index (χ4n) is 2.93. The van der Waals surface area contributed by atoms with Crippen LogP contribution in [0.15, 0.2) is 48.5 Å². The van der Waals surface area contributed by atoms with Gasteiger partial charge < -0.3 is 9.79 Å². The first kappa shape index (κ1) is 15.6. The van der Waals surface area contributed by atoms with E-state index in [1.165, 1.54) is 0 Å². The normalized spacial score (nSPS) is 14.0. The molecule has 0 saturated carbocycles. The van der Waals surface area contributed by atoms with Crippen LogP contribution >= 0.6 is 0 Å². The molecular formula is C19H21NO3. The maximum absolute atomic E-state index is 12.7. The fraction of sp³-hybridized carbons (Fsp3) is 0.316. The summed E-state index contributed by atoms with van der Waals surface area (Å²) in [5, 5.41) is 0. The van der Waals surface area contributed by atoms with Crippen molar-refractivity contribution < 1.29 is 14.6 Å². The summed E-state index contributed by atoms with van der Waals surface area (Å²) >= 11 is 0. The Kier molecular flexibility index (Phi) is 4.63. The van der Waals surface area contributed by atoms with Gasteiger partial charge in [0.15, 0.2) is 5.75 Å². The molecule has 4 heteroatoms. The van der Waals surface area contributed by atoms with Crippen molar-refractivity contribution in [3.8, 4) is 5.75 Å². The monoisotopic (exact) mass is 311 g/mol. The van der Waals surface area contributed by atoms with Crippen LogP contribution in [0, 0.1) is 0 Å². The first-order chi connectivity index (χ1) is 11.2. The molecule has 0 aromatic heterocycles. The summed E-state index contributed by atoms with van der Waals surface area (Å²) in [6, 6.07) is 15.6. The Morgan fingerprint density at radius 3 is 2.74 bits per heavy atom. The van der Waals surface area contributed by atoms with Gasteiger partial charge >= 0.3 is 0 Å². The standard InChI is InChI=1S/C19H21NO3/c1-3-20(19(21)16-7-5-4-6-8-16)14(2)11-15-9-10-17-13-22-23-18(17)12-15/h4-10,12,14H,3,11,13H2,1-2H3. The van der Waals surface area contributed by atoms with Crippen molar-refractivity contribution in [3.05, 3.63) is 65.2 Å². The van der Waals surface area contributed by atoms with Crippen LogP contribution in [0.4, 0.5) is 0 Å². The van der Waals surface area contributed by atoms with E-state index in [9.17, 15) is 4.79 Å². The summed E-state index contributed by atoms with van der Waals surface area (Å²) in [5.41, 5.74) is 2.93. The fourth-order valence-corrected chi connectivity index (χ4v) is 2.93.